The molecule has 2 rings (SSSR count). The highest BCUT2D eigenvalue weighted by molar-refractivity contribution is 7.16. The standard InChI is InChI=1S/C14H22ClN3OS/c1-14(2,18-8-6-16-7-9-18)13(19)17(3)10-11-4-5-12(15)20-11/h4-5,16H,6-10H2,1-3H3. The van der Waals surface area contributed by atoms with Crippen molar-refractivity contribution in [2.24, 2.45) is 0 Å². The van der Waals surface area contributed by atoms with Crippen LogP contribution in [0.3, 0.4) is 0 Å². The zero-order chi connectivity index (χ0) is 14.8. The summed E-state index contributed by atoms with van der Waals surface area (Å²) < 4.78 is 0.766. The van der Waals surface area contributed by atoms with Crippen LogP contribution in [-0.2, 0) is 11.3 Å². The van der Waals surface area contributed by atoms with Gasteiger partial charge in [-0.15, -0.1) is 11.3 Å². The normalized spacial score (nSPS) is 17.2. The summed E-state index contributed by atoms with van der Waals surface area (Å²) in [5.41, 5.74) is -0.460. The van der Waals surface area contributed by atoms with Gasteiger partial charge in [0.1, 0.15) is 0 Å². The molecule has 0 aromatic carbocycles. The molecule has 0 radical (unpaired) electrons. The van der Waals surface area contributed by atoms with Gasteiger partial charge >= 0.3 is 0 Å². The molecule has 0 bridgehead atoms. The number of halogens is 1. The molecule has 1 fully saturated rings. The molecule has 0 spiro atoms. The lowest BCUT2D eigenvalue weighted by Gasteiger charge is -2.41. The van der Waals surface area contributed by atoms with Crippen LogP contribution >= 0.6 is 22.9 Å². The molecule has 0 aliphatic carbocycles. The van der Waals surface area contributed by atoms with Crippen molar-refractivity contribution in [3.05, 3.63) is 21.3 Å². The first-order valence-electron chi connectivity index (χ1n) is 6.87. The molecule has 1 aliphatic heterocycles. The van der Waals surface area contributed by atoms with Crippen LogP contribution in [0.25, 0.3) is 0 Å². The first-order valence-corrected chi connectivity index (χ1v) is 8.06. The fraction of sp³-hybridized carbons (Fsp3) is 0.643. The van der Waals surface area contributed by atoms with Gasteiger partial charge in [-0.25, -0.2) is 0 Å². The summed E-state index contributed by atoms with van der Waals surface area (Å²) in [6.45, 7) is 8.36. The van der Waals surface area contributed by atoms with Crippen molar-refractivity contribution in [2.45, 2.75) is 25.9 Å². The summed E-state index contributed by atoms with van der Waals surface area (Å²) in [7, 11) is 1.86. The molecule has 1 aromatic heterocycles. The number of hydrogen-bond acceptors (Lipinski definition) is 4. The molecule has 0 atom stereocenters. The van der Waals surface area contributed by atoms with E-state index in [1.807, 2.05) is 33.0 Å². The number of nitrogens with zero attached hydrogens (tertiary/aromatic N) is 2. The zero-order valence-corrected chi connectivity index (χ0v) is 13.9. The average molecular weight is 316 g/mol. The molecule has 1 aromatic rings. The van der Waals surface area contributed by atoms with Crippen molar-refractivity contribution < 1.29 is 4.79 Å². The van der Waals surface area contributed by atoms with Gasteiger partial charge in [0, 0.05) is 38.1 Å². The third kappa shape index (κ3) is 3.52. The Morgan fingerprint density at radius 1 is 1.45 bits per heavy atom. The van der Waals surface area contributed by atoms with Crippen molar-refractivity contribution >= 4 is 28.8 Å². The Kier molecular flexibility index (Phi) is 5.07. The lowest BCUT2D eigenvalue weighted by Crippen LogP contribution is -2.60. The molecular formula is C14H22ClN3OS. The third-order valence-electron chi connectivity index (χ3n) is 3.80. The van der Waals surface area contributed by atoms with Crippen molar-refractivity contribution in [1.29, 1.82) is 0 Å². The van der Waals surface area contributed by atoms with E-state index >= 15 is 0 Å². The number of rotatable bonds is 4. The van der Waals surface area contributed by atoms with Gasteiger partial charge in [-0.2, -0.15) is 0 Å². The Morgan fingerprint density at radius 3 is 2.65 bits per heavy atom. The molecule has 0 unspecified atom stereocenters. The third-order valence-corrected chi connectivity index (χ3v) is 5.02. The molecule has 1 amide bonds. The van der Waals surface area contributed by atoms with Crippen LogP contribution in [0.5, 0.6) is 0 Å². The largest absolute Gasteiger partial charge is 0.339 e. The molecule has 1 saturated heterocycles. The van der Waals surface area contributed by atoms with Crippen LogP contribution in [0.15, 0.2) is 12.1 Å². The Balaban J connectivity index is 2.00. The quantitative estimate of drug-likeness (QED) is 0.923. The van der Waals surface area contributed by atoms with Gasteiger partial charge in [-0.05, 0) is 26.0 Å². The predicted molar refractivity (Wildman–Crippen MR) is 84.3 cm³/mol. The molecule has 6 heteroatoms. The summed E-state index contributed by atoms with van der Waals surface area (Å²) in [6, 6.07) is 3.86. The predicted octanol–water partition coefficient (Wildman–Crippen LogP) is 2.04. The van der Waals surface area contributed by atoms with Gasteiger partial charge in [-0.1, -0.05) is 11.6 Å². The maximum atomic E-state index is 12.7. The van der Waals surface area contributed by atoms with Gasteiger partial charge in [0.05, 0.1) is 16.4 Å². The molecule has 0 saturated carbocycles. The van der Waals surface area contributed by atoms with Gasteiger partial charge in [-0.3, -0.25) is 9.69 Å². The van der Waals surface area contributed by atoms with E-state index in [0.29, 0.717) is 6.54 Å². The topological polar surface area (TPSA) is 35.6 Å². The van der Waals surface area contributed by atoms with E-state index in [9.17, 15) is 4.79 Å². The Bertz CT molecular complexity index is 469. The summed E-state index contributed by atoms with van der Waals surface area (Å²) in [5, 5.41) is 3.32. The lowest BCUT2D eigenvalue weighted by molar-refractivity contribution is -0.142. The van der Waals surface area contributed by atoms with Gasteiger partial charge in [0.2, 0.25) is 5.91 Å². The van der Waals surface area contributed by atoms with E-state index in [-0.39, 0.29) is 5.91 Å². The minimum atomic E-state index is -0.460. The second-order valence-corrected chi connectivity index (χ2v) is 7.46. The van der Waals surface area contributed by atoms with Gasteiger partial charge in [0.25, 0.3) is 0 Å². The first kappa shape index (κ1) is 15.8. The molecule has 1 N–H and O–H groups in total. The van der Waals surface area contributed by atoms with Gasteiger partial charge in [0.15, 0.2) is 0 Å². The van der Waals surface area contributed by atoms with E-state index in [0.717, 1.165) is 35.4 Å². The maximum Gasteiger partial charge on any atom is 0.242 e. The SMILES string of the molecule is CN(Cc1ccc(Cl)s1)C(=O)C(C)(C)N1CCNCC1. The molecule has 1 aliphatic rings. The number of thiophene rings is 1. The Labute approximate surface area is 129 Å². The van der Waals surface area contributed by atoms with E-state index in [4.69, 9.17) is 11.6 Å². The Morgan fingerprint density at radius 2 is 2.10 bits per heavy atom. The minimum Gasteiger partial charge on any atom is -0.339 e. The van der Waals surface area contributed by atoms with E-state index in [2.05, 4.69) is 10.2 Å². The summed E-state index contributed by atoms with van der Waals surface area (Å²) in [6.07, 6.45) is 0. The van der Waals surface area contributed by atoms with Crippen LogP contribution in [0.2, 0.25) is 4.34 Å². The fourth-order valence-corrected chi connectivity index (χ4v) is 3.71. The number of likely N-dealkylation sites (N-methyl/N-ethyl adjacent to an activating group) is 1. The number of amides is 1. The highest BCUT2D eigenvalue weighted by Gasteiger charge is 2.37. The Hall–Kier alpha value is -0.620. The highest BCUT2D eigenvalue weighted by atomic mass is 35.5. The summed E-state index contributed by atoms with van der Waals surface area (Å²) in [4.78, 5) is 17.9. The minimum absolute atomic E-state index is 0.156. The number of hydrogen-bond donors (Lipinski definition) is 1. The highest BCUT2D eigenvalue weighted by Crippen LogP contribution is 2.24. The number of carbonyl (C=O) groups is 1. The van der Waals surface area contributed by atoms with E-state index < -0.39 is 5.54 Å². The molecule has 112 valence electrons. The van der Waals surface area contributed by atoms with Crippen LogP contribution in [0, 0.1) is 0 Å². The van der Waals surface area contributed by atoms with Crippen LogP contribution in [-0.4, -0.2) is 54.5 Å². The first-order chi connectivity index (χ1) is 9.41. The second-order valence-electron chi connectivity index (χ2n) is 5.66. The van der Waals surface area contributed by atoms with Crippen molar-refractivity contribution in [3.63, 3.8) is 0 Å². The van der Waals surface area contributed by atoms with Crippen molar-refractivity contribution in [3.8, 4) is 0 Å². The van der Waals surface area contributed by atoms with E-state index in [1.54, 1.807) is 4.90 Å². The fourth-order valence-electron chi connectivity index (χ4n) is 2.57. The lowest BCUT2D eigenvalue weighted by atomic mass is 9.99. The van der Waals surface area contributed by atoms with Gasteiger partial charge < -0.3 is 10.2 Å². The van der Waals surface area contributed by atoms with Crippen molar-refractivity contribution in [1.82, 2.24) is 15.1 Å². The van der Waals surface area contributed by atoms with Crippen LogP contribution in [0.4, 0.5) is 0 Å². The smallest absolute Gasteiger partial charge is 0.242 e. The maximum absolute atomic E-state index is 12.7. The zero-order valence-electron chi connectivity index (χ0n) is 12.3. The molecule has 20 heavy (non-hydrogen) atoms. The van der Waals surface area contributed by atoms with Crippen LogP contribution < -0.4 is 5.32 Å². The summed E-state index contributed by atoms with van der Waals surface area (Å²) >= 11 is 7.46. The average Bonchev–Trinajstić information content (AvgIpc) is 2.84. The summed E-state index contributed by atoms with van der Waals surface area (Å²) in [5.74, 6) is 0.156. The molecular weight excluding hydrogens is 294 g/mol. The van der Waals surface area contributed by atoms with E-state index in [1.165, 1.54) is 11.3 Å². The molecule has 4 nitrogen and oxygen atoms in total. The van der Waals surface area contributed by atoms with Crippen molar-refractivity contribution in [2.75, 3.05) is 33.2 Å². The number of carbonyl (C=O) groups excluding carboxylic acids is 1. The number of piperazine rings is 1. The number of nitrogens with one attached hydrogen (secondary N) is 1. The monoisotopic (exact) mass is 315 g/mol. The molecule has 2 heterocycles. The van der Waals surface area contributed by atoms with Crippen LogP contribution in [0.1, 0.15) is 18.7 Å². The second kappa shape index (κ2) is 6.43.